The SMILES string of the molecule is O=C(O)C1C2CCCC2CN1C(=O)C(F)(F)c1ccccc1. The van der Waals surface area contributed by atoms with Crippen LogP contribution >= 0.6 is 0 Å². The molecular formula is C16H17F2NO3. The Hall–Kier alpha value is -1.98. The Balaban J connectivity index is 1.89. The number of carbonyl (C=O) groups excluding carboxylic acids is 1. The van der Waals surface area contributed by atoms with Gasteiger partial charge in [-0.2, -0.15) is 8.78 Å². The minimum absolute atomic E-state index is 0.0247. The van der Waals surface area contributed by atoms with Crippen LogP contribution in [0, 0.1) is 11.8 Å². The summed E-state index contributed by atoms with van der Waals surface area (Å²) in [6.07, 6.45) is 2.38. The summed E-state index contributed by atoms with van der Waals surface area (Å²) >= 11 is 0. The van der Waals surface area contributed by atoms with E-state index in [-0.39, 0.29) is 18.4 Å². The van der Waals surface area contributed by atoms with Crippen molar-refractivity contribution in [2.45, 2.75) is 31.2 Å². The van der Waals surface area contributed by atoms with Gasteiger partial charge in [0, 0.05) is 12.1 Å². The first-order chi connectivity index (χ1) is 10.4. The zero-order valence-corrected chi connectivity index (χ0v) is 11.9. The number of hydrogen-bond donors (Lipinski definition) is 1. The standard InChI is InChI=1S/C16H17F2NO3/c17-16(18,11-6-2-1-3-7-11)15(22)19-9-10-5-4-8-12(10)13(19)14(20)21/h1-3,6-7,10,12-13H,4-5,8-9H2,(H,20,21). The van der Waals surface area contributed by atoms with E-state index >= 15 is 0 Å². The van der Waals surface area contributed by atoms with Crippen molar-refractivity contribution in [3.8, 4) is 0 Å². The fraction of sp³-hybridized carbons (Fsp3) is 0.500. The lowest BCUT2D eigenvalue weighted by atomic mass is 9.94. The lowest BCUT2D eigenvalue weighted by Crippen LogP contribution is -2.49. The van der Waals surface area contributed by atoms with Crippen molar-refractivity contribution in [2.75, 3.05) is 6.54 Å². The van der Waals surface area contributed by atoms with Gasteiger partial charge in [0.05, 0.1) is 0 Å². The molecule has 2 fully saturated rings. The van der Waals surface area contributed by atoms with Gasteiger partial charge in [-0.05, 0) is 24.7 Å². The molecule has 2 aliphatic rings. The molecule has 0 bridgehead atoms. The van der Waals surface area contributed by atoms with Gasteiger partial charge in [-0.3, -0.25) is 4.79 Å². The molecule has 1 aromatic rings. The van der Waals surface area contributed by atoms with E-state index in [9.17, 15) is 23.5 Å². The number of carboxylic acids is 1. The molecule has 1 heterocycles. The fourth-order valence-corrected chi connectivity index (χ4v) is 3.78. The summed E-state index contributed by atoms with van der Waals surface area (Å²) in [5.74, 6) is -6.47. The number of aliphatic carboxylic acids is 1. The van der Waals surface area contributed by atoms with Gasteiger partial charge in [0.15, 0.2) is 0 Å². The van der Waals surface area contributed by atoms with E-state index < -0.39 is 29.4 Å². The van der Waals surface area contributed by atoms with Crippen LogP contribution in [0.25, 0.3) is 0 Å². The lowest BCUT2D eigenvalue weighted by Gasteiger charge is -2.28. The van der Waals surface area contributed by atoms with Gasteiger partial charge in [-0.25, -0.2) is 4.79 Å². The molecule has 0 radical (unpaired) electrons. The Morgan fingerprint density at radius 2 is 1.86 bits per heavy atom. The van der Waals surface area contributed by atoms with Crippen molar-refractivity contribution >= 4 is 11.9 Å². The van der Waals surface area contributed by atoms with E-state index in [4.69, 9.17) is 0 Å². The molecule has 6 heteroatoms. The quantitative estimate of drug-likeness (QED) is 0.933. The molecule has 1 saturated heterocycles. The summed E-state index contributed by atoms with van der Waals surface area (Å²) in [6, 6.07) is 5.70. The highest BCUT2D eigenvalue weighted by Crippen LogP contribution is 2.44. The molecule has 3 atom stereocenters. The van der Waals surface area contributed by atoms with Gasteiger partial charge in [0.1, 0.15) is 6.04 Å². The molecule has 3 rings (SSSR count). The van der Waals surface area contributed by atoms with E-state index in [1.807, 2.05) is 0 Å². The van der Waals surface area contributed by atoms with E-state index in [1.165, 1.54) is 24.3 Å². The number of halogens is 2. The highest BCUT2D eigenvalue weighted by atomic mass is 19.3. The number of amides is 1. The van der Waals surface area contributed by atoms with Crippen LogP contribution in [0.3, 0.4) is 0 Å². The highest BCUT2D eigenvalue weighted by Gasteiger charge is 2.55. The Kier molecular flexibility index (Phi) is 3.62. The number of fused-ring (bicyclic) bond motifs is 1. The maximum atomic E-state index is 14.4. The smallest absolute Gasteiger partial charge is 0.349 e. The molecule has 4 nitrogen and oxygen atoms in total. The Morgan fingerprint density at radius 3 is 2.50 bits per heavy atom. The second kappa shape index (κ2) is 5.34. The summed E-state index contributed by atoms with van der Waals surface area (Å²) in [6.45, 7) is 0.114. The van der Waals surface area contributed by atoms with E-state index in [1.54, 1.807) is 6.07 Å². The maximum Gasteiger partial charge on any atom is 0.349 e. The molecule has 1 aromatic carbocycles. The van der Waals surface area contributed by atoms with Crippen LogP contribution in [0.2, 0.25) is 0 Å². The minimum Gasteiger partial charge on any atom is -0.480 e. The molecule has 3 unspecified atom stereocenters. The average molecular weight is 309 g/mol. The molecule has 118 valence electrons. The van der Waals surface area contributed by atoms with Crippen molar-refractivity contribution in [1.82, 2.24) is 4.90 Å². The van der Waals surface area contributed by atoms with Gasteiger partial charge in [0.25, 0.3) is 5.91 Å². The summed E-state index contributed by atoms with van der Waals surface area (Å²) in [5.41, 5.74) is -0.402. The molecule has 1 aliphatic carbocycles. The first-order valence-electron chi connectivity index (χ1n) is 7.40. The first kappa shape index (κ1) is 14.9. The first-order valence-corrected chi connectivity index (χ1v) is 7.40. The molecule has 0 aromatic heterocycles. The normalized spacial score (nSPS) is 27.7. The molecule has 1 saturated carbocycles. The fourth-order valence-electron chi connectivity index (χ4n) is 3.78. The van der Waals surface area contributed by atoms with Crippen molar-refractivity contribution < 1.29 is 23.5 Å². The lowest BCUT2D eigenvalue weighted by molar-refractivity contribution is -0.165. The largest absolute Gasteiger partial charge is 0.480 e. The van der Waals surface area contributed by atoms with Crippen LogP contribution < -0.4 is 0 Å². The number of nitrogens with zero attached hydrogens (tertiary/aromatic N) is 1. The van der Waals surface area contributed by atoms with Crippen LogP contribution in [0.4, 0.5) is 8.78 Å². The van der Waals surface area contributed by atoms with Gasteiger partial charge in [-0.15, -0.1) is 0 Å². The van der Waals surface area contributed by atoms with Crippen LogP contribution in [0.15, 0.2) is 30.3 Å². The van der Waals surface area contributed by atoms with Crippen LogP contribution in [0.1, 0.15) is 24.8 Å². The molecular weight excluding hydrogens is 292 g/mol. The summed E-state index contributed by atoms with van der Waals surface area (Å²) in [5, 5.41) is 9.38. The van der Waals surface area contributed by atoms with E-state index in [0.717, 1.165) is 17.7 Å². The number of hydrogen-bond acceptors (Lipinski definition) is 2. The minimum atomic E-state index is -3.70. The molecule has 1 N–H and O–H groups in total. The third-order valence-corrected chi connectivity index (χ3v) is 4.81. The number of carbonyl (C=O) groups is 2. The molecule has 1 aliphatic heterocycles. The predicted octanol–water partition coefficient (Wildman–Crippen LogP) is 2.49. The third-order valence-electron chi connectivity index (χ3n) is 4.81. The Labute approximate surface area is 126 Å². The monoisotopic (exact) mass is 309 g/mol. The summed E-state index contributed by atoms with van der Waals surface area (Å²) < 4.78 is 28.9. The maximum absolute atomic E-state index is 14.4. The number of carboxylic acid groups (broad SMARTS) is 1. The highest BCUT2D eigenvalue weighted by molar-refractivity contribution is 5.89. The molecule has 22 heavy (non-hydrogen) atoms. The summed E-state index contributed by atoms with van der Waals surface area (Å²) in [4.78, 5) is 24.7. The average Bonchev–Trinajstić information content (AvgIpc) is 3.07. The molecule has 1 amide bonds. The second-order valence-electron chi connectivity index (χ2n) is 6.04. The number of rotatable bonds is 3. The number of likely N-dealkylation sites (tertiary alicyclic amines) is 1. The van der Waals surface area contributed by atoms with Crippen LogP contribution in [-0.4, -0.2) is 34.5 Å². The Morgan fingerprint density at radius 1 is 1.18 bits per heavy atom. The number of benzene rings is 1. The zero-order chi connectivity index (χ0) is 15.9. The van der Waals surface area contributed by atoms with Crippen LogP contribution in [0.5, 0.6) is 0 Å². The van der Waals surface area contributed by atoms with Gasteiger partial charge >= 0.3 is 11.9 Å². The van der Waals surface area contributed by atoms with Crippen LogP contribution in [-0.2, 0) is 15.5 Å². The van der Waals surface area contributed by atoms with Crippen molar-refractivity contribution in [3.05, 3.63) is 35.9 Å². The van der Waals surface area contributed by atoms with Crippen molar-refractivity contribution in [2.24, 2.45) is 11.8 Å². The van der Waals surface area contributed by atoms with Gasteiger partial charge in [0.2, 0.25) is 0 Å². The van der Waals surface area contributed by atoms with Gasteiger partial charge < -0.3 is 10.0 Å². The Bertz CT molecular complexity index is 590. The van der Waals surface area contributed by atoms with Crippen molar-refractivity contribution in [3.63, 3.8) is 0 Å². The molecule has 0 spiro atoms. The van der Waals surface area contributed by atoms with Gasteiger partial charge in [-0.1, -0.05) is 36.8 Å². The van der Waals surface area contributed by atoms with E-state index in [2.05, 4.69) is 0 Å². The van der Waals surface area contributed by atoms with Crippen molar-refractivity contribution in [1.29, 1.82) is 0 Å². The number of alkyl halides is 2. The third kappa shape index (κ3) is 2.26. The zero-order valence-electron chi connectivity index (χ0n) is 11.9. The summed E-state index contributed by atoms with van der Waals surface area (Å²) in [7, 11) is 0. The second-order valence-corrected chi connectivity index (χ2v) is 6.04. The topological polar surface area (TPSA) is 57.6 Å². The van der Waals surface area contributed by atoms with E-state index in [0.29, 0.717) is 6.42 Å². The predicted molar refractivity (Wildman–Crippen MR) is 74.3 cm³/mol.